The molecule has 0 aromatic heterocycles. The van der Waals surface area contributed by atoms with Gasteiger partial charge in [0, 0.05) is 11.1 Å². The third-order valence-electron chi connectivity index (χ3n) is 7.93. The molecule has 0 saturated carbocycles. The van der Waals surface area contributed by atoms with Crippen LogP contribution in [0, 0.1) is 0 Å². The summed E-state index contributed by atoms with van der Waals surface area (Å²) >= 11 is 0. The van der Waals surface area contributed by atoms with Crippen molar-refractivity contribution >= 4 is 27.7 Å². The molecule has 0 atom stereocenters. The third kappa shape index (κ3) is 13.2. The van der Waals surface area contributed by atoms with Crippen LogP contribution >= 0.6 is 0 Å². The molecule has 0 spiro atoms. The van der Waals surface area contributed by atoms with Crippen molar-refractivity contribution < 1.29 is 33.0 Å². The van der Waals surface area contributed by atoms with E-state index in [1.807, 2.05) is 18.2 Å². The summed E-state index contributed by atoms with van der Waals surface area (Å²) in [6.07, 6.45) is 18.2. The molecule has 0 aliphatic carbocycles. The molecule has 254 valence electrons. The number of aromatic carboxylic acids is 2. The van der Waals surface area contributed by atoms with Crippen LogP contribution in [0.2, 0.25) is 0 Å². The van der Waals surface area contributed by atoms with E-state index in [0.29, 0.717) is 29.2 Å². The van der Waals surface area contributed by atoms with E-state index in [9.17, 15) is 28.2 Å². The van der Waals surface area contributed by atoms with Gasteiger partial charge in [-0.25, -0.2) is 9.59 Å². The Hall–Kier alpha value is -4.18. The van der Waals surface area contributed by atoms with Crippen molar-refractivity contribution in [1.29, 1.82) is 0 Å². The molecule has 10 heteroatoms. The molecule has 9 nitrogen and oxygen atoms in total. The van der Waals surface area contributed by atoms with Crippen LogP contribution in [-0.4, -0.2) is 42.9 Å². The molecule has 47 heavy (non-hydrogen) atoms. The van der Waals surface area contributed by atoms with Gasteiger partial charge in [-0.15, -0.1) is 0 Å². The smallest absolute Gasteiger partial charge is 0.335 e. The number of carboxylic acids is 2. The highest BCUT2D eigenvalue weighted by Crippen LogP contribution is 2.20. The largest absolute Gasteiger partial charge is 0.494 e. The fourth-order valence-electron chi connectivity index (χ4n) is 5.25. The first-order valence-corrected chi connectivity index (χ1v) is 18.2. The fraction of sp³-hybridized carbons (Fsp3) is 0.432. The van der Waals surface area contributed by atoms with Crippen LogP contribution in [0.5, 0.6) is 5.75 Å². The lowest BCUT2D eigenvalue weighted by Gasteiger charge is -2.11. The summed E-state index contributed by atoms with van der Waals surface area (Å²) in [5, 5.41) is 22.9. The first kappa shape index (κ1) is 37.3. The zero-order valence-corrected chi connectivity index (χ0v) is 28.1. The van der Waals surface area contributed by atoms with Gasteiger partial charge in [0.1, 0.15) is 5.75 Å². The fourth-order valence-corrected chi connectivity index (χ4v) is 6.13. The Balaban J connectivity index is 1.51. The molecule has 3 rings (SSSR count). The molecule has 3 aromatic carbocycles. The van der Waals surface area contributed by atoms with Gasteiger partial charge in [0.25, 0.3) is 10.0 Å². The van der Waals surface area contributed by atoms with Crippen molar-refractivity contribution in [1.82, 2.24) is 4.83 Å². The van der Waals surface area contributed by atoms with Crippen LogP contribution in [0.15, 0.2) is 82.8 Å². The second kappa shape index (κ2) is 20.1. The van der Waals surface area contributed by atoms with E-state index in [2.05, 4.69) is 16.9 Å². The topological polar surface area (TPSA) is 142 Å². The number of sulfonamides is 1. The van der Waals surface area contributed by atoms with Crippen molar-refractivity contribution in [3.63, 3.8) is 0 Å². The van der Waals surface area contributed by atoms with Crippen molar-refractivity contribution in [2.24, 2.45) is 5.10 Å². The minimum Gasteiger partial charge on any atom is -0.494 e. The van der Waals surface area contributed by atoms with Crippen LogP contribution in [0.25, 0.3) is 0 Å². The number of nitrogens with zero attached hydrogens (tertiary/aromatic N) is 1. The maximum Gasteiger partial charge on any atom is 0.335 e. The molecule has 0 aliphatic heterocycles. The molecule has 0 unspecified atom stereocenters. The maximum absolute atomic E-state index is 13.1. The summed E-state index contributed by atoms with van der Waals surface area (Å²) in [6, 6.07) is 18.8. The second-order valence-electron chi connectivity index (χ2n) is 11.7. The average molecular weight is 665 g/mol. The van der Waals surface area contributed by atoms with E-state index in [4.69, 9.17) is 4.74 Å². The van der Waals surface area contributed by atoms with Gasteiger partial charge in [0.15, 0.2) is 0 Å². The minimum atomic E-state index is -4.41. The number of hydrogen-bond acceptors (Lipinski definition) is 6. The molecule has 0 heterocycles. The highest BCUT2D eigenvalue weighted by Gasteiger charge is 2.20. The lowest BCUT2D eigenvalue weighted by Crippen LogP contribution is -2.22. The number of hydrogen-bond donors (Lipinski definition) is 3. The Kier molecular flexibility index (Phi) is 16.0. The van der Waals surface area contributed by atoms with Gasteiger partial charge in [-0.2, -0.15) is 18.4 Å². The first-order chi connectivity index (χ1) is 22.7. The second-order valence-corrected chi connectivity index (χ2v) is 13.4. The summed E-state index contributed by atoms with van der Waals surface area (Å²) in [5.41, 5.74) is 0.634. The predicted octanol–water partition coefficient (Wildman–Crippen LogP) is 8.67. The average Bonchev–Trinajstić information content (AvgIpc) is 3.07. The van der Waals surface area contributed by atoms with Gasteiger partial charge in [-0.05, 0) is 48.9 Å². The Bertz CT molecular complexity index is 1510. The number of nitrogens with one attached hydrogen (secondary N) is 1. The Morgan fingerprint density at radius 3 is 1.60 bits per heavy atom. The van der Waals surface area contributed by atoms with Gasteiger partial charge in [-0.1, -0.05) is 121 Å². The molecule has 0 fully saturated rings. The maximum atomic E-state index is 13.1. The van der Waals surface area contributed by atoms with Crippen molar-refractivity contribution in [3.8, 4) is 5.75 Å². The summed E-state index contributed by atoms with van der Waals surface area (Å²) in [7, 11) is -4.41. The van der Waals surface area contributed by atoms with Crippen LogP contribution in [-0.2, 0) is 10.0 Å². The summed E-state index contributed by atoms with van der Waals surface area (Å²) in [5.74, 6) is -2.21. The molecular weight excluding hydrogens is 616 g/mol. The summed E-state index contributed by atoms with van der Waals surface area (Å²) in [6.45, 7) is 2.87. The number of carbonyl (C=O) groups is 2. The molecule has 0 radical (unpaired) electrons. The lowest BCUT2D eigenvalue weighted by atomic mass is 10.0. The molecule has 3 aromatic rings. The quantitative estimate of drug-likeness (QED) is 0.0523. The number of benzene rings is 3. The van der Waals surface area contributed by atoms with Gasteiger partial charge in [0.05, 0.1) is 28.3 Å². The number of hydrazone groups is 1. The van der Waals surface area contributed by atoms with Crippen LogP contribution in [0.3, 0.4) is 0 Å². The number of unbranched alkanes of at least 4 members (excludes halogenated alkanes) is 13. The van der Waals surface area contributed by atoms with Gasteiger partial charge < -0.3 is 14.9 Å². The van der Waals surface area contributed by atoms with Crippen molar-refractivity contribution in [3.05, 3.63) is 95.1 Å². The Morgan fingerprint density at radius 1 is 0.638 bits per heavy atom. The van der Waals surface area contributed by atoms with E-state index < -0.39 is 38.0 Å². The molecular formula is C37H48N2O7S. The van der Waals surface area contributed by atoms with Gasteiger partial charge in [-0.3, -0.25) is 0 Å². The normalized spacial score (nSPS) is 11.7. The third-order valence-corrected chi connectivity index (χ3v) is 9.12. The van der Waals surface area contributed by atoms with Crippen LogP contribution in [0.4, 0.5) is 0 Å². The van der Waals surface area contributed by atoms with Crippen LogP contribution in [0.1, 0.15) is 129 Å². The molecule has 0 saturated heterocycles. The SMILES string of the molecule is CCCCCCCCCCCCCCCCOc1ccc(/C(=N/NS(=O)(=O)c2cc(C(=O)O)cc(C(=O)O)c2)c2ccccc2)cc1. The van der Waals surface area contributed by atoms with Crippen LogP contribution < -0.4 is 9.57 Å². The molecule has 0 bridgehead atoms. The first-order valence-electron chi connectivity index (χ1n) is 16.7. The monoisotopic (exact) mass is 664 g/mol. The highest BCUT2D eigenvalue weighted by atomic mass is 32.2. The summed E-state index contributed by atoms with van der Waals surface area (Å²) < 4.78 is 32.1. The van der Waals surface area contributed by atoms with Crippen molar-refractivity contribution in [2.45, 2.75) is 102 Å². The zero-order valence-electron chi connectivity index (χ0n) is 27.3. The highest BCUT2D eigenvalue weighted by molar-refractivity contribution is 7.89. The van der Waals surface area contributed by atoms with E-state index in [0.717, 1.165) is 31.0 Å². The van der Waals surface area contributed by atoms with Gasteiger partial charge in [0.2, 0.25) is 0 Å². The minimum absolute atomic E-state index is 0.320. The number of carboxylic acid groups (broad SMARTS) is 2. The molecule has 3 N–H and O–H groups in total. The summed E-state index contributed by atoms with van der Waals surface area (Å²) in [4.78, 5) is 24.6. The number of ether oxygens (including phenoxy) is 1. The zero-order chi connectivity index (χ0) is 33.9. The van der Waals surface area contributed by atoms with E-state index >= 15 is 0 Å². The van der Waals surface area contributed by atoms with E-state index in [1.54, 1.807) is 36.4 Å². The predicted molar refractivity (Wildman–Crippen MR) is 185 cm³/mol. The Morgan fingerprint density at radius 2 is 1.11 bits per heavy atom. The molecule has 0 aliphatic rings. The Labute approximate surface area is 279 Å². The van der Waals surface area contributed by atoms with Crippen molar-refractivity contribution in [2.75, 3.05) is 6.61 Å². The van der Waals surface area contributed by atoms with E-state index in [-0.39, 0.29) is 0 Å². The van der Waals surface area contributed by atoms with Gasteiger partial charge >= 0.3 is 11.9 Å². The number of rotatable bonds is 23. The standard InChI is InChI=1S/C37H48N2O7S/c1-2-3-4-5-6-7-8-9-10-11-12-13-14-18-25-46-33-23-21-30(22-24-33)35(29-19-16-15-17-20-29)38-39-47(44,45)34-27-31(36(40)41)26-32(28-34)37(42)43/h15-17,19-24,26-28,39H,2-14,18,25H2,1H3,(H,40,41)(H,42,43)/b38-35+. The van der Waals surface area contributed by atoms with E-state index in [1.165, 1.54) is 77.0 Å². The lowest BCUT2D eigenvalue weighted by molar-refractivity contribution is 0.0696. The molecule has 0 amide bonds.